The fraction of sp³-hybridized carbons (Fsp3) is 0.500. The molecular weight excluding hydrogens is 306 g/mol. The van der Waals surface area contributed by atoms with Gasteiger partial charge in [0.25, 0.3) is 11.6 Å². The number of nitrogens with one attached hydrogen (secondary N) is 1. The van der Waals surface area contributed by atoms with Crippen LogP contribution in [0.3, 0.4) is 0 Å². The molecule has 6 heteroatoms. The monoisotopic (exact) mass is 329 g/mol. The van der Waals surface area contributed by atoms with E-state index in [2.05, 4.69) is 12.2 Å². The zero-order valence-electron chi connectivity index (χ0n) is 14.0. The molecule has 1 aromatic rings. The number of carbonyl (C=O) groups excluding carboxylic acids is 1. The molecule has 1 aromatic carbocycles. The summed E-state index contributed by atoms with van der Waals surface area (Å²) in [6.07, 6.45) is 5.93. The summed E-state index contributed by atoms with van der Waals surface area (Å²) in [4.78, 5) is 25.0. The summed E-state index contributed by atoms with van der Waals surface area (Å²) >= 11 is 0. The molecule has 0 saturated carbocycles. The first-order chi connectivity index (χ1) is 11.6. The molecule has 1 N–H and O–H groups in total. The fourth-order valence-electron chi connectivity index (χ4n) is 3.51. The summed E-state index contributed by atoms with van der Waals surface area (Å²) in [5.41, 5.74) is 3.07. The lowest BCUT2D eigenvalue weighted by atomic mass is 9.92. The first-order valence-corrected chi connectivity index (χ1v) is 8.65. The van der Waals surface area contributed by atoms with Gasteiger partial charge in [-0.2, -0.15) is 0 Å². The van der Waals surface area contributed by atoms with E-state index in [0.29, 0.717) is 0 Å². The number of amides is 1. The molecule has 3 rings (SSSR count). The van der Waals surface area contributed by atoms with Gasteiger partial charge in [0.2, 0.25) is 0 Å². The Bertz CT molecular complexity index is 667. The highest BCUT2D eigenvalue weighted by Gasteiger charge is 2.39. The van der Waals surface area contributed by atoms with E-state index in [1.165, 1.54) is 17.7 Å². The summed E-state index contributed by atoms with van der Waals surface area (Å²) in [5, 5.41) is 14.2. The van der Waals surface area contributed by atoms with E-state index in [0.717, 1.165) is 56.3 Å². The number of hydrogen-bond donors (Lipinski definition) is 1. The Kier molecular flexibility index (Phi) is 4.83. The lowest BCUT2D eigenvalue weighted by molar-refractivity contribution is -0.384. The molecule has 0 saturated heterocycles. The molecule has 1 amide bonds. The number of nitro groups is 1. The number of unbranched alkanes of at least 4 members (excludes halogenated alkanes) is 1. The highest BCUT2D eigenvalue weighted by atomic mass is 16.6. The lowest BCUT2D eigenvalue weighted by Crippen LogP contribution is -2.41. The molecular formula is C18H23N3O3. The van der Waals surface area contributed by atoms with Crippen molar-refractivity contribution in [2.24, 2.45) is 0 Å². The van der Waals surface area contributed by atoms with Gasteiger partial charge in [-0.3, -0.25) is 14.9 Å². The Morgan fingerprint density at radius 1 is 1.25 bits per heavy atom. The number of carbonyl (C=O) groups is 1. The van der Waals surface area contributed by atoms with E-state index >= 15 is 0 Å². The SMILES string of the molecule is CCCCN1C(=O)C2=C(CCCC2)[C@H]1Nc1ccc([N+](=O)[O-])cc1. The average molecular weight is 329 g/mol. The van der Waals surface area contributed by atoms with Crippen molar-refractivity contribution in [3.8, 4) is 0 Å². The van der Waals surface area contributed by atoms with Gasteiger partial charge < -0.3 is 10.2 Å². The summed E-state index contributed by atoms with van der Waals surface area (Å²) in [6, 6.07) is 6.40. The van der Waals surface area contributed by atoms with Crippen molar-refractivity contribution in [3.63, 3.8) is 0 Å². The molecule has 24 heavy (non-hydrogen) atoms. The van der Waals surface area contributed by atoms with Gasteiger partial charge in [0, 0.05) is 29.9 Å². The van der Waals surface area contributed by atoms with Crippen LogP contribution in [0.4, 0.5) is 11.4 Å². The van der Waals surface area contributed by atoms with Crippen LogP contribution in [-0.4, -0.2) is 28.4 Å². The maximum absolute atomic E-state index is 12.7. The zero-order valence-corrected chi connectivity index (χ0v) is 14.0. The van der Waals surface area contributed by atoms with Crippen molar-refractivity contribution < 1.29 is 9.72 Å². The molecule has 0 bridgehead atoms. The lowest BCUT2D eigenvalue weighted by Gasteiger charge is -2.29. The molecule has 128 valence electrons. The maximum atomic E-state index is 12.7. The van der Waals surface area contributed by atoms with Crippen LogP contribution in [0, 0.1) is 10.1 Å². The second-order valence-corrected chi connectivity index (χ2v) is 6.41. The van der Waals surface area contributed by atoms with Gasteiger partial charge in [-0.05, 0) is 49.8 Å². The standard InChI is InChI=1S/C18H23N3O3/c1-2-3-12-20-17(15-6-4-5-7-16(15)18(20)22)19-13-8-10-14(11-9-13)21(23)24/h8-11,17,19H,2-7,12H2,1H3/t17-/m0/s1. The molecule has 1 aliphatic carbocycles. The Hall–Kier alpha value is -2.37. The molecule has 0 aromatic heterocycles. The minimum Gasteiger partial charge on any atom is -0.362 e. The Labute approximate surface area is 141 Å². The van der Waals surface area contributed by atoms with E-state index in [9.17, 15) is 14.9 Å². The van der Waals surface area contributed by atoms with Crippen molar-refractivity contribution in [1.29, 1.82) is 0 Å². The van der Waals surface area contributed by atoms with Crippen LogP contribution < -0.4 is 5.32 Å². The molecule has 1 heterocycles. The van der Waals surface area contributed by atoms with Crippen LogP contribution in [0.2, 0.25) is 0 Å². The average Bonchev–Trinajstić information content (AvgIpc) is 2.86. The smallest absolute Gasteiger partial charge is 0.269 e. The number of nitrogens with zero attached hydrogens (tertiary/aromatic N) is 2. The van der Waals surface area contributed by atoms with Gasteiger partial charge in [-0.15, -0.1) is 0 Å². The molecule has 0 fully saturated rings. The highest BCUT2D eigenvalue weighted by Crippen LogP contribution is 2.37. The molecule has 0 unspecified atom stereocenters. The van der Waals surface area contributed by atoms with E-state index in [4.69, 9.17) is 0 Å². The quantitative estimate of drug-likeness (QED) is 0.635. The minimum absolute atomic E-state index is 0.0726. The minimum atomic E-state index is -0.405. The van der Waals surface area contributed by atoms with Crippen LogP contribution in [0.5, 0.6) is 0 Å². The molecule has 1 atom stereocenters. The Morgan fingerprint density at radius 3 is 2.62 bits per heavy atom. The largest absolute Gasteiger partial charge is 0.362 e. The van der Waals surface area contributed by atoms with Crippen molar-refractivity contribution in [1.82, 2.24) is 4.90 Å². The number of nitro benzene ring substituents is 1. The highest BCUT2D eigenvalue weighted by molar-refractivity contribution is 5.98. The summed E-state index contributed by atoms with van der Waals surface area (Å²) in [5.74, 6) is 0.164. The molecule has 2 aliphatic rings. The molecule has 6 nitrogen and oxygen atoms in total. The fourth-order valence-corrected chi connectivity index (χ4v) is 3.51. The van der Waals surface area contributed by atoms with E-state index in [1.54, 1.807) is 12.1 Å². The van der Waals surface area contributed by atoms with E-state index in [1.807, 2.05) is 4.90 Å². The first kappa shape index (κ1) is 16.5. The second-order valence-electron chi connectivity index (χ2n) is 6.41. The predicted octanol–water partition coefficient (Wildman–Crippen LogP) is 3.85. The summed E-state index contributed by atoms with van der Waals surface area (Å²) < 4.78 is 0. The third-order valence-electron chi connectivity index (χ3n) is 4.81. The van der Waals surface area contributed by atoms with Gasteiger partial charge in [-0.25, -0.2) is 0 Å². The van der Waals surface area contributed by atoms with Crippen LogP contribution in [0.1, 0.15) is 45.4 Å². The predicted molar refractivity (Wildman–Crippen MR) is 92.6 cm³/mol. The second kappa shape index (κ2) is 7.03. The van der Waals surface area contributed by atoms with Crippen molar-refractivity contribution in [2.45, 2.75) is 51.6 Å². The zero-order chi connectivity index (χ0) is 17.1. The number of rotatable bonds is 6. The third-order valence-corrected chi connectivity index (χ3v) is 4.81. The normalized spacial score (nSPS) is 20.3. The van der Waals surface area contributed by atoms with Crippen LogP contribution >= 0.6 is 0 Å². The van der Waals surface area contributed by atoms with Crippen LogP contribution in [0.15, 0.2) is 35.4 Å². The molecule has 1 aliphatic heterocycles. The number of hydrogen-bond acceptors (Lipinski definition) is 4. The van der Waals surface area contributed by atoms with Crippen LogP contribution in [-0.2, 0) is 4.79 Å². The summed E-state index contributed by atoms with van der Waals surface area (Å²) in [7, 11) is 0. The number of benzene rings is 1. The van der Waals surface area contributed by atoms with Crippen molar-refractivity contribution in [2.75, 3.05) is 11.9 Å². The van der Waals surface area contributed by atoms with Gasteiger partial charge in [-0.1, -0.05) is 13.3 Å². The van der Waals surface area contributed by atoms with Gasteiger partial charge in [0.15, 0.2) is 0 Å². The van der Waals surface area contributed by atoms with Crippen molar-refractivity contribution in [3.05, 3.63) is 45.5 Å². The van der Waals surface area contributed by atoms with Crippen LogP contribution in [0.25, 0.3) is 0 Å². The topological polar surface area (TPSA) is 75.5 Å². The Morgan fingerprint density at radius 2 is 1.96 bits per heavy atom. The van der Waals surface area contributed by atoms with Crippen molar-refractivity contribution >= 4 is 17.3 Å². The number of anilines is 1. The van der Waals surface area contributed by atoms with Gasteiger partial charge in [0.1, 0.15) is 6.17 Å². The van der Waals surface area contributed by atoms with Gasteiger partial charge in [0.05, 0.1) is 4.92 Å². The van der Waals surface area contributed by atoms with Gasteiger partial charge >= 0.3 is 0 Å². The third kappa shape index (κ3) is 3.13. The maximum Gasteiger partial charge on any atom is 0.269 e. The molecule has 0 radical (unpaired) electrons. The van der Waals surface area contributed by atoms with E-state index in [-0.39, 0.29) is 17.8 Å². The first-order valence-electron chi connectivity index (χ1n) is 8.65. The Balaban J connectivity index is 1.82. The summed E-state index contributed by atoms with van der Waals surface area (Å²) in [6.45, 7) is 2.86. The molecule has 0 spiro atoms. The number of non-ortho nitro benzene ring substituents is 1. The van der Waals surface area contributed by atoms with E-state index < -0.39 is 4.92 Å².